The average Bonchev–Trinajstić information content (AvgIpc) is 3.67. The van der Waals surface area contributed by atoms with Gasteiger partial charge in [0.25, 0.3) is 11.8 Å². The maximum Gasteiger partial charge on any atom is 0.258 e. The second-order valence-electron chi connectivity index (χ2n) is 13.4. The van der Waals surface area contributed by atoms with E-state index in [9.17, 15) is 9.59 Å². The number of benzene rings is 3. The van der Waals surface area contributed by atoms with Gasteiger partial charge in [-0.15, -0.1) is 11.3 Å². The van der Waals surface area contributed by atoms with E-state index < -0.39 is 0 Å². The molecular weight excluding hydrogens is 662 g/mol. The van der Waals surface area contributed by atoms with Crippen LogP contribution in [0.15, 0.2) is 109 Å². The molecule has 0 unspecified atom stereocenters. The fourth-order valence-corrected chi connectivity index (χ4v) is 8.55. The molecule has 5 aromatic rings. The first-order valence-corrected chi connectivity index (χ1v) is 18.1. The highest BCUT2D eigenvalue weighted by Crippen LogP contribution is 2.46. The van der Waals surface area contributed by atoms with E-state index in [0.29, 0.717) is 51.8 Å². The Bertz CT molecular complexity index is 2190. The normalized spacial score (nSPS) is 16.9. The molecule has 8 nitrogen and oxygen atoms in total. The molecule has 3 aliphatic heterocycles. The lowest BCUT2D eigenvalue weighted by Crippen LogP contribution is -2.57. The largest absolute Gasteiger partial charge is 0.381 e. The van der Waals surface area contributed by atoms with Crippen LogP contribution in [0.4, 0.5) is 15.8 Å². The van der Waals surface area contributed by atoms with E-state index in [2.05, 4.69) is 26.8 Å². The molecule has 8 rings (SSSR count). The third kappa shape index (κ3) is 6.08. The molecule has 258 valence electrons. The van der Waals surface area contributed by atoms with Crippen LogP contribution in [0.25, 0.3) is 32.2 Å². The number of amides is 2. The third-order valence-corrected chi connectivity index (χ3v) is 11.5. The number of imidazole rings is 1. The number of allylic oxidation sites excluding steroid dienone is 3. The number of fused-ring (bicyclic) bond motifs is 4. The zero-order valence-corrected chi connectivity index (χ0v) is 29.2. The Balaban J connectivity index is 0.993. The van der Waals surface area contributed by atoms with Gasteiger partial charge in [-0.3, -0.25) is 9.59 Å². The third-order valence-electron chi connectivity index (χ3n) is 10.2. The molecule has 2 saturated heterocycles. The van der Waals surface area contributed by atoms with Gasteiger partial charge in [-0.1, -0.05) is 49.1 Å². The minimum absolute atomic E-state index is 0.199. The van der Waals surface area contributed by atoms with Crippen molar-refractivity contribution in [2.24, 2.45) is 5.41 Å². The minimum atomic E-state index is -0.305. The lowest BCUT2D eigenvalue weighted by Gasteiger charge is -2.54. The van der Waals surface area contributed by atoms with Gasteiger partial charge in [-0.25, -0.2) is 9.37 Å². The smallest absolute Gasteiger partial charge is 0.258 e. The number of para-hydroxylation sites is 3. The van der Waals surface area contributed by atoms with E-state index in [-0.39, 0.29) is 23.0 Å². The number of nitrogens with zero attached hydrogens (tertiary/aromatic N) is 3. The van der Waals surface area contributed by atoms with Crippen LogP contribution in [0.3, 0.4) is 0 Å². The first kappa shape index (κ1) is 32.9. The summed E-state index contributed by atoms with van der Waals surface area (Å²) in [7, 11) is 0. The number of carbonyl (C=O) groups excluding carboxylic acids is 2. The highest BCUT2D eigenvalue weighted by atomic mass is 32.1. The molecule has 2 N–H and O–H groups in total. The van der Waals surface area contributed by atoms with Crippen LogP contribution in [0.1, 0.15) is 35.7 Å². The molecular formula is C41H38FN5O3S. The lowest BCUT2D eigenvalue weighted by atomic mass is 9.73. The Morgan fingerprint density at radius 3 is 2.53 bits per heavy atom. The first-order chi connectivity index (χ1) is 24.8. The number of hydrogen-bond donors (Lipinski definition) is 2. The van der Waals surface area contributed by atoms with Crippen molar-refractivity contribution in [3.63, 3.8) is 0 Å². The van der Waals surface area contributed by atoms with Crippen molar-refractivity contribution in [3.8, 4) is 21.1 Å². The maximum absolute atomic E-state index is 16.1. The average molecular weight is 700 g/mol. The number of aromatic amines is 1. The molecule has 0 aliphatic carbocycles. The maximum atomic E-state index is 16.1. The van der Waals surface area contributed by atoms with Gasteiger partial charge in [-0.05, 0) is 74.7 Å². The van der Waals surface area contributed by atoms with Gasteiger partial charge >= 0.3 is 0 Å². The number of carbonyl (C=O) groups is 2. The highest BCUT2D eigenvalue weighted by molar-refractivity contribution is 7.19. The van der Waals surface area contributed by atoms with E-state index in [4.69, 9.17) is 4.74 Å². The molecule has 3 aliphatic rings. The van der Waals surface area contributed by atoms with Crippen molar-refractivity contribution >= 4 is 45.6 Å². The van der Waals surface area contributed by atoms with Gasteiger partial charge in [0, 0.05) is 71.2 Å². The zero-order chi connectivity index (χ0) is 35.1. The fourth-order valence-electron chi connectivity index (χ4n) is 7.35. The number of rotatable bonds is 7. The van der Waals surface area contributed by atoms with Gasteiger partial charge in [0.05, 0.1) is 22.3 Å². The molecule has 51 heavy (non-hydrogen) atoms. The van der Waals surface area contributed by atoms with Crippen molar-refractivity contribution in [1.82, 2.24) is 14.9 Å². The number of anilines is 2. The van der Waals surface area contributed by atoms with Crippen molar-refractivity contribution in [2.75, 3.05) is 43.1 Å². The number of ether oxygens (including phenoxy) is 1. The number of thiophene rings is 1. The second-order valence-corrected chi connectivity index (χ2v) is 14.5. The van der Waals surface area contributed by atoms with Gasteiger partial charge in [0.1, 0.15) is 10.7 Å². The Hall–Kier alpha value is -5.32. The van der Waals surface area contributed by atoms with Crippen molar-refractivity contribution in [2.45, 2.75) is 26.2 Å². The van der Waals surface area contributed by atoms with Gasteiger partial charge in [-0.2, -0.15) is 0 Å². The summed E-state index contributed by atoms with van der Waals surface area (Å²) in [6.45, 7) is 9.80. The second kappa shape index (κ2) is 13.4. The number of likely N-dealkylation sites (tertiary alicyclic amines) is 1. The van der Waals surface area contributed by atoms with E-state index in [1.165, 1.54) is 11.3 Å². The SMILES string of the molecule is C=C(/C(=C\C=C/C)C(=O)Nc1ccc(C(=O)N2CCc3c(sc(-c4nc5ccccc5[nH]4)c3F)-c3ccccc32)cc1)N1CC2(CCOCC2)C1. The summed E-state index contributed by atoms with van der Waals surface area (Å²) >= 11 is 1.36. The highest BCUT2D eigenvalue weighted by Gasteiger charge is 2.45. The summed E-state index contributed by atoms with van der Waals surface area (Å²) in [6.07, 6.45) is 7.93. The number of H-pyrrole nitrogens is 1. The van der Waals surface area contributed by atoms with E-state index >= 15 is 4.39 Å². The topological polar surface area (TPSA) is 90.6 Å². The summed E-state index contributed by atoms with van der Waals surface area (Å²) in [5.74, 6) is -0.264. The predicted molar refractivity (Wildman–Crippen MR) is 201 cm³/mol. The predicted octanol–water partition coefficient (Wildman–Crippen LogP) is 8.37. The number of nitrogens with one attached hydrogen (secondary N) is 2. The summed E-state index contributed by atoms with van der Waals surface area (Å²) < 4.78 is 21.7. The van der Waals surface area contributed by atoms with Gasteiger partial charge in [0.15, 0.2) is 5.82 Å². The number of hydrogen-bond acceptors (Lipinski definition) is 6. The molecule has 0 bridgehead atoms. The molecule has 0 radical (unpaired) electrons. The Morgan fingerprint density at radius 1 is 1.02 bits per heavy atom. The molecule has 2 amide bonds. The van der Waals surface area contributed by atoms with Crippen LogP contribution in [-0.4, -0.2) is 59.5 Å². The quantitative estimate of drug-likeness (QED) is 0.132. The van der Waals surface area contributed by atoms with Crippen molar-refractivity contribution in [3.05, 3.63) is 126 Å². The van der Waals surface area contributed by atoms with Crippen LogP contribution in [0.2, 0.25) is 0 Å². The van der Waals surface area contributed by atoms with Crippen LogP contribution < -0.4 is 10.2 Å². The molecule has 5 heterocycles. The summed E-state index contributed by atoms with van der Waals surface area (Å²) in [5, 5.41) is 3.00. The molecule has 10 heteroatoms. The standard InChI is InChI=1S/C41H38FN5O3S/c1-3-4-9-29(26(2)46-24-41(25-46)19-22-50-23-20-41)39(48)43-28-16-14-27(15-17-28)40(49)47-21-18-31-35(42)37(38-44-32-11-6-7-12-33(32)45-38)51-36(31)30-10-5-8-13-34(30)47/h3-17H,2,18-25H2,1H3,(H,43,48)(H,44,45)/b4-3-,29-9+. The van der Waals surface area contributed by atoms with Gasteiger partial charge < -0.3 is 24.8 Å². The summed E-state index contributed by atoms with van der Waals surface area (Å²) in [4.78, 5) is 40.7. The molecule has 1 spiro atoms. The number of halogens is 1. The van der Waals surface area contributed by atoms with E-state index in [1.54, 1.807) is 35.2 Å². The fraction of sp³-hybridized carbons (Fsp3) is 0.244. The lowest BCUT2D eigenvalue weighted by molar-refractivity contribution is -0.113. The monoisotopic (exact) mass is 699 g/mol. The van der Waals surface area contributed by atoms with Crippen LogP contribution in [-0.2, 0) is 16.0 Å². The Morgan fingerprint density at radius 2 is 1.76 bits per heavy atom. The molecule has 0 atom stereocenters. The molecule has 2 fully saturated rings. The van der Waals surface area contributed by atoms with E-state index in [1.807, 2.05) is 67.6 Å². The van der Waals surface area contributed by atoms with Crippen molar-refractivity contribution in [1.29, 1.82) is 0 Å². The number of aromatic nitrogens is 2. The summed E-state index contributed by atoms with van der Waals surface area (Å²) in [5.41, 5.74) is 6.23. The van der Waals surface area contributed by atoms with Crippen LogP contribution >= 0.6 is 11.3 Å². The Kier molecular flexibility index (Phi) is 8.65. The molecule has 3 aromatic carbocycles. The Labute approximate surface area is 300 Å². The van der Waals surface area contributed by atoms with Crippen LogP contribution in [0, 0.1) is 11.2 Å². The molecule has 2 aromatic heterocycles. The zero-order valence-electron chi connectivity index (χ0n) is 28.4. The van der Waals surface area contributed by atoms with E-state index in [0.717, 1.165) is 66.3 Å². The molecule has 0 saturated carbocycles. The van der Waals surface area contributed by atoms with Gasteiger partial charge in [0.2, 0.25) is 0 Å². The summed E-state index contributed by atoms with van der Waals surface area (Å²) in [6, 6.07) is 22.2. The first-order valence-electron chi connectivity index (χ1n) is 17.3. The van der Waals surface area contributed by atoms with Crippen molar-refractivity contribution < 1.29 is 18.7 Å². The minimum Gasteiger partial charge on any atom is -0.381 e. The van der Waals surface area contributed by atoms with Crippen LogP contribution in [0.5, 0.6) is 0 Å².